The highest BCUT2D eigenvalue weighted by Crippen LogP contribution is 2.31. The maximum atomic E-state index is 11.3. The van der Waals surface area contributed by atoms with Crippen molar-refractivity contribution in [1.82, 2.24) is 5.32 Å². The largest absolute Gasteiger partial charge is 0.468 e. The zero-order chi connectivity index (χ0) is 9.19. The van der Waals surface area contributed by atoms with Gasteiger partial charge in [-0.3, -0.25) is 9.59 Å². The number of carbonyl (C=O) groups excluding carboxylic acids is 2. The molecule has 4 nitrogen and oxygen atoms in total. The zero-order valence-electron chi connectivity index (χ0n) is 7.35. The van der Waals surface area contributed by atoms with Gasteiger partial charge in [0.15, 0.2) is 0 Å². The van der Waals surface area contributed by atoms with Crippen LogP contribution in [0.1, 0.15) is 19.8 Å². The van der Waals surface area contributed by atoms with Crippen LogP contribution in [0.5, 0.6) is 0 Å². The van der Waals surface area contributed by atoms with Gasteiger partial charge in [-0.25, -0.2) is 0 Å². The van der Waals surface area contributed by atoms with Crippen LogP contribution in [0.25, 0.3) is 0 Å². The van der Waals surface area contributed by atoms with Crippen molar-refractivity contribution in [1.29, 1.82) is 0 Å². The van der Waals surface area contributed by atoms with Crippen molar-refractivity contribution in [2.75, 3.05) is 13.7 Å². The van der Waals surface area contributed by atoms with E-state index >= 15 is 0 Å². The molecule has 0 aromatic carbocycles. The Bertz CT molecular complexity index is 214. The number of rotatable bonds is 2. The van der Waals surface area contributed by atoms with E-state index in [2.05, 4.69) is 10.1 Å². The molecule has 1 heterocycles. The van der Waals surface area contributed by atoms with Crippen LogP contribution in [-0.4, -0.2) is 25.5 Å². The van der Waals surface area contributed by atoms with E-state index in [1.807, 2.05) is 6.92 Å². The predicted molar refractivity (Wildman–Crippen MR) is 42.4 cm³/mol. The molecule has 0 unspecified atom stereocenters. The highest BCUT2D eigenvalue weighted by atomic mass is 16.5. The third kappa shape index (κ3) is 1.07. The Hall–Kier alpha value is -1.06. The van der Waals surface area contributed by atoms with Crippen molar-refractivity contribution >= 4 is 11.9 Å². The van der Waals surface area contributed by atoms with Crippen LogP contribution >= 0.6 is 0 Å². The Balaban J connectivity index is 2.88. The molecule has 0 saturated carbocycles. The molecule has 0 aromatic rings. The number of hydrogen-bond donors (Lipinski definition) is 1. The van der Waals surface area contributed by atoms with E-state index in [1.165, 1.54) is 7.11 Å². The molecule has 1 fully saturated rings. The fourth-order valence-corrected chi connectivity index (χ4v) is 1.54. The van der Waals surface area contributed by atoms with Crippen molar-refractivity contribution in [3.05, 3.63) is 0 Å². The van der Waals surface area contributed by atoms with E-state index in [4.69, 9.17) is 0 Å². The van der Waals surface area contributed by atoms with E-state index < -0.39 is 11.4 Å². The van der Waals surface area contributed by atoms with Crippen LogP contribution < -0.4 is 5.32 Å². The van der Waals surface area contributed by atoms with Gasteiger partial charge in [0.1, 0.15) is 5.41 Å². The number of methoxy groups -OCH3 is 1. The molecule has 0 radical (unpaired) electrons. The molecular weight excluding hydrogens is 158 g/mol. The molecular formula is C8H13NO3. The molecule has 0 bridgehead atoms. The fraction of sp³-hybridized carbons (Fsp3) is 0.750. The molecule has 1 aliphatic heterocycles. The molecule has 1 rings (SSSR count). The number of carbonyl (C=O) groups is 2. The Kier molecular flexibility index (Phi) is 2.35. The number of amides is 1. The molecule has 1 saturated heterocycles. The van der Waals surface area contributed by atoms with E-state index in [-0.39, 0.29) is 5.91 Å². The quantitative estimate of drug-likeness (QED) is 0.472. The minimum absolute atomic E-state index is 0.197. The highest BCUT2D eigenvalue weighted by molar-refractivity contribution is 6.04. The monoisotopic (exact) mass is 171 g/mol. The Labute approximate surface area is 71.3 Å². The van der Waals surface area contributed by atoms with Crippen LogP contribution in [-0.2, 0) is 14.3 Å². The summed E-state index contributed by atoms with van der Waals surface area (Å²) in [6.45, 7) is 2.39. The van der Waals surface area contributed by atoms with Crippen molar-refractivity contribution < 1.29 is 14.3 Å². The lowest BCUT2D eigenvalue weighted by molar-refractivity contribution is -0.157. The van der Waals surface area contributed by atoms with Crippen molar-refractivity contribution in [2.45, 2.75) is 19.8 Å². The summed E-state index contributed by atoms with van der Waals surface area (Å²) in [5.41, 5.74) is -0.908. The first-order valence-electron chi connectivity index (χ1n) is 4.04. The minimum atomic E-state index is -0.908. The summed E-state index contributed by atoms with van der Waals surface area (Å²) in [7, 11) is 1.31. The summed E-state index contributed by atoms with van der Waals surface area (Å²) in [6, 6.07) is 0. The first-order chi connectivity index (χ1) is 5.67. The summed E-state index contributed by atoms with van der Waals surface area (Å²) in [4.78, 5) is 22.6. The van der Waals surface area contributed by atoms with Crippen LogP contribution in [0.2, 0.25) is 0 Å². The van der Waals surface area contributed by atoms with Gasteiger partial charge in [-0.1, -0.05) is 6.92 Å². The normalized spacial score (nSPS) is 28.3. The van der Waals surface area contributed by atoms with Gasteiger partial charge in [-0.15, -0.1) is 0 Å². The zero-order valence-corrected chi connectivity index (χ0v) is 7.35. The SMILES string of the molecule is CC[C@@]1(C(=O)OC)CCNC1=O. The molecule has 12 heavy (non-hydrogen) atoms. The summed E-state index contributed by atoms with van der Waals surface area (Å²) in [6.07, 6.45) is 1.06. The summed E-state index contributed by atoms with van der Waals surface area (Å²) < 4.78 is 4.60. The molecule has 0 aliphatic carbocycles. The average molecular weight is 171 g/mol. The summed E-state index contributed by atoms with van der Waals surface area (Å²) in [5, 5.41) is 2.64. The first-order valence-corrected chi connectivity index (χ1v) is 4.04. The van der Waals surface area contributed by atoms with Gasteiger partial charge in [-0.05, 0) is 12.8 Å². The second kappa shape index (κ2) is 3.13. The van der Waals surface area contributed by atoms with Crippen molar-refractivity contribution in [2.24, 2.45) is 5.41 Å². The summed E-state index contributed by atoms with van der Waals surface area (Å²) >= 11 is 0. The molecule has 1 N–H and O–H groups in total. The molecule has 1 amide bonds. The van der Waals surface area contributed by atoms with Crippen LogP contribution in [0.4, 0.5) is 0 Å². The lowest BCUT2D eigenvalue weighted by atomic mass is 9.84. The van der Waals surface area contributed by atoms with E-state index in [0.29, 0.717) is 19.4 Å². The van der Waals surface area contributed by atoms with Gasteiger partial charge in [0, 0.05) is 6.54 Å². The molecule has 68 valence electrons. The standard InChI is InChI=1S/C8H13NO3/c1-3-8(7(11)12-2)4-5-9-6(8)10/h3-5H2,1-2H3,(H,9,10)/t8-/m1/s1. The minimum Gasteiger partial charge on any atom is -0.468 e. The van der Waals surface area contributed by atoms with Crippen LogP contribution in [0.3, 0.4) is 0 Å². The number of esters is 1. The van der Waals surface area contributed by atoms with E-state index in [1.54, 1.807) is 0 Å². The van der Waals surface area contributed by atoms with Gasteiger partial charge < -0.3 is 10.1 Å². The van der Waals surface area contributed by atoms with Crippen molar-refractivity contribution in [3.8, 4) is 0 Å². The first kappa shape index (κ1) is 9.03. The number of nitrogens with one attached hydrogen (secondary N) is 1. The average Bonchev–Trinajstić information content (AvgIpc) is 2.46. The lowest BCUT2D eigenvalue weighted by Gasteiger charge is -2.20. The molecule has 4 heteroatoms. The van der Waals surface area contributed by atoms with Gasteiger partial charge in [0.2, 0.25) is 5.91 Å². The number of ether oxygens (including phenoxy) is 1. The third-order valence-corrected chi connectivity index (χ3v) is 2.45. The lowest BCUT2D eigenvalue weighted by Crippen LogP contribution is -2.39. The van der Waals surface area contributed by atoms with Crippen LogP contribution in [0, 0.1) is 5.41 Å². The highest BCUT2D eigenvalue weighted by Gasteiger charge is 2.48. The van der Waals surface area contributed by atoms with Gasteiger partial charge in [0.25, 0.3) is 0 Å². The summed E-state index contributed by atoms with van der Waals surface area (Å²) in [5.74, 6) is -0.614. The molecule has 0 aromatic heterocycles. The third-order valence-electron chi connectivity index (χ3n) is 2.45. The molecule has 1 aliphatic rings. The number of hydrogen-bond acceptors (Lipinski definition) is 3. The fourth-order valence-electron chi connectivity index (χ4n) is 1.54. The van der Waals surface area contributed by atoms with Gasteiger partial charge >= 0.3 is 5.97 Å². The van der Waals surface area contributed by atoms with E-state index in [0.717, 1.165) is 0 Å². The van der Waals surface area contributed by atoms with Crippen LogP contribution in [0.15, 0.2) is 0 Å². The van der Waals surface area contributed by atoms with Crippen molar-refractivity contribution in [3.63, 3.8) is 0 Å². The second-order valence-electron chi connectivity index (χ2n) is 2.93. The molecule has 0 spiro atoms. The smallest absolute Gasteiger partial charge is 0.321 e. The Morgan fingerprint density at radius 3 is 2.75 bits per heavy atom. The topological polar surface area (TPSA) is 55.4 Å². The van der Waals surface area contributed by atoms with E-state index in [9.17, 15) is 9.59 Å². The molecule has 1 atom stereocenters. The predicted octanol–water partition coefficient (Wildman–Crippen LogP) is 0.0757. The Morgan fingerprint density at radius 1 is 1.75 bits per heavy atom. The van der Waals surface area contributed by atoms with Gasteiger partial charge in [0.05, 0.1) is 7.11 Å². The second-order valence-corrected chi connectivity index (χ2v) is 2.93. The Morgan fingerprint density at radius 2 is 2.42 bits per heavy atom. The maximum absolute atomic E-state index is 11.3. The maximum Gasteiger partial charge on any atom is 0.321 e. The van der Waals surface area contributed by atoms with Gasteiger partial charge in [-0.2, -0.15) is 0 Å².